The summed E-state index contributed by atoms with van der Waals surface area (Å²) in [5.74, 6) is 0.911. The molecule has 1 aromatic carbocycles. The SMILES string of the molecule is CNC(c1ccc2c(c1)NC(=O)CO2)C(C)CN. The lowest BCUT2D eigenvalue weighted by atomic mass is 9.94. The fourth-order valence-electron chi connectivity index (χ4n) is 2.21. The third-order valence-electron chi connectivity index (χ3n) is 3.25. The zero-order valence-corrected chi connectivity index (χ0v) is 10.7. The molecule has 0 aromatic heterocycles. The molecule has 0 aliphatic carbocycles. The Bertz CT molecular complexity index is 448. The number of ether oxygens (including phenoxy) is 1. The van der Waals surface area contributed by atoms with Gasteiger partial charge in [0, 0.05) is 6.04 Å². The number of hydrogen-bond donors (Lipinski definition) is 3. The van der Waals surface area contributed by atoms with Crippen molar-refractivity contribution in [1.29, 1.82) is 0 Å². The summed E-state index contributed by atoms with van der Waals surface area (Å²) in [6.07, 6.45) is 0. The largest absolute Gasteiger partial charge is 0.482 e. The van der Waals surface area contributed by atoms with Gasteiger partial charge in [-0.2, -0.15) is 0 Å². The summed E-state index contributed by atoms with van der Waals surface area (Å²) in [5, 5.41) is 6.07. The molecule has 0 saturated carbocycles. The molecule has 0 saturated heterocycles. The van der Waals surface area contributed by atoms with Crippen molar-refractivity contribution in [1.82, 2.24) is 5.32 Å². The molecule has 5 heteroatoms. The number of amides is 1. The van der Waals surface area contributed by atoms with Gasteiger partial charge in [-0.3, -0.25) is 4.79 Å². The molecule has 2 atom stereocenters. The molecule has 1 aliphatic rings. The van der Waals surface area contributed by atoms with Gasteiger partial charge < -0.3 is 21.1 Å². The Morgan fingerprint density at radius 2 is 2.33 bits per heavy atom. The van der Waals surface area contributed by atoms with E-state index in [1.807, 2.05) is 25.2 Å². The topological polar surface area (TPSA) is 76.4 Å². The van der Waals surface area contributed by atoms with Crippen molar-refractivity contribution in [2.24, 2.45) is 11.7 Å². The van der Waals surface area contributed by atoms with Crippen LogP contribution in [0.1, 0.15) is 18.5 Å². The third-order valence-corrected chi connectivity index (χ3v) is 3.25. The Labute approximate surface area is 107 Å². The molecule has 1 amide bonds. The van der Waals surface area contributed by atoms with Crippen LogP contribution in [-0.4, -0.2) is 26.1 Å². The fourth-order valence-corrected chi connectivity index (χ4v) is 2.21. The zero-order chi connectivity index (χ0) is 13.1. The van der Waals surface area contributed by atoms with E-state index in [1.165, 1.54) is 0 Å². The molecule has 1 heterocycles. The number of carbonyl (C=O) groups excluding carboxylic acids is 1. The van der Waals surface area contributed by atoms with Gasteiger partial charge >= 0.3 is 0 Å². The second kappa shape index (κ2) is 5.37. The van der Waals surface area contributed by atoms with Crippen LogP contribution in [0.15, 0.2) is 18.2 Å². The van der Waals surface area contributed by atoms with Crippen LogP contribution in [0.2, 0.25) is 0 Å². The van der Waals surface area contributed by atoms with E-state index in [0.717, 1.165) is 11.3 Å². The number of anilines is 1. The molecule has 5 nitrogen and oxygen atoms in total. The minimum absolute atomic E-state index is 0.0843. The van der Waals surface area contributed by atoms with Crippen LogP contribution in [0.3, 0.4) is 0 Å². The molecule has 1 aliphatic heterocycles. The molecule has 98 valence electrons. The average Bonchev–Trinajstić information content (AvgIpc) is 2.38. The maximum Gasteiger partial charge on any atom is 0.262 e. The smallest absolute Gasteiger partial charge is 0.262 e. The Hall–Kier alpha value is -1.59. The van der Waals surface area contributed by atoms with E-state index in [2.05, 4.69) is 17.6 Å². The van der Waals surface area contributed by atoms with Crippen LogP contribution >= 0.6 is 0 Å². The first kappa shape index (κ1) is 12.9. The molecule has 0 bridgehead atoms. The van der Waals surface area contributed by atoms with Gasteiger partial charge in [-0.25, -0.2) is 0 Å². The van der Waals surface area contributed by atoms with Crippen molar-refractivity contribution in [3.63, 3.8) is 0 Å². The molecule has 0 fully saturated rings. The zero-order valence-electron chi connectivity index (χ0n) is 10.7. The van der Waals surface area contributed by atoms with E-state index < -0.39 is 0 Å². The van der Waals surface area contributed by atoms with Gasteiger partial charge in [-0.15, -0.1) is 0 Å². The predicted octanol–water partition coefficient (Wildman–Crippen LogP) is 0.873. The number of fused-ring (bicyclic) bond motifs is 1. The molecule has 2 rings (SSSR count). The van der Waals surface area contributed by atoms with E-state index in [9.17, 15) is 4.79 Å². The van der Waals surface area contributed by atoms with Crippen LogP contribution in [-0.2, 0) is 4.79 Å². The van der Waals surface area contributed by atoms with Crippen molar-refractivity contribution in [3.8, 4) is 5.75 Å². The lowest BCUT2D eigenvalue weighted by Crippen LogP contribution is -2.29. The van der Waals surface area contributed by atoms with Gasteiger partial charge in [-0.05, 0) is 37.2 Å². The Morgan fingerprint density at radius 1 is 1.56 bits per heavy atom. The highest BCUT2D eigenvalue weighted by Gasteiger charge is 2.20. The quantitative estimate of drug-likeness (QED) is 0.740. The van der Waals surface area contributed by atoms with Gasteiger partial charge in [0.2, 0.25) is 0 Å². The number of rotatable bonds is 4. The standard InChI is InChI=1S/C13H19N3O2/c1-8(6-14)13(15-2)9-3-4-11-10(5-9)16-12(17)7-18-11/h3-5,8,13,15H,6-7,14H2,1-2H3,(H,16,17). The molecule has 1 aromatic rings. The minimum Gasteiger partial charge on any atom is -0.482 e. The maximum atomic E-state index is 11.3. The maximum absolute atomic E-state index is 11.3. The fraction of sp³-hybridized carbons (Fsp3) is 0.462. The Balaban J connectivity index is 2.29. The lowest BCUT2D eigenvalue weighted by Gasteiger charge is -2.25. The summed E-state index contributed by atoms with van der Waals surface area (Å²) in [5.41, 5.74) is 7.54. The van der Waals surface area contributed by atoms with E-state index in [-0.39, 0.29) is 18.6 Å². The van der Waals surface area contributed by atoms with Crippen molar-refractivity contribution >= 4 is 11.6 Å². The highest BCUT2D eigenvalue weighted by molar-refractivity contribution is 5.95. The molecular weight excluding hydrogens is 230 g/mol. The van der Waals surface area contributed by atoms with Gasteiger partial charge in [0.15, 0.2) is 6.61 Å². The van der Waals surface area contributed by atoms with Crippen LogP contribution in [0, 0.1) is 5.92 Å². The van der Waals surface area contributed by atoms with Crippen LogP contribution in [0.5, 0.6) is 5.75 Å². The summed E-state index contributed by atoms with van der Waals surface area (Å²) in [6.45, 7) is 2.78. The minimum atomic E-state index is -0.118. The third kappa shape index (κ3) is 2.47. The summed E-state index contributed by atoms with van der Waals surface area (Å²) < 4.78 is 5.33. The summed E-state index contributed by atoms with van der Waals surface area (Å²) >= 11 is 0. The number of nitrogens with one attached hydrogen (secondary N) is 2. The van der Waals surface area contributed by atoms with Crippen molar-refractivity contribution in [2.75, 3.05) is 25.5 Å². The summed E-state index contributed by atoms with van der Waals surface area (Å²) in [7, 11) is 1.91. The van der Waals surface area contributed by atoms with Crippen LogP contribution < -0.4 is 21.1 Å². The highest BCUT2D eigenvalue weighted by Crippen LogP contribution is 2.32. The monoisotopic (exact) mass is 249 g/mol. The molecule has 0 spiro atoms. The van der Waals surface area contributed by atoms with Gasteiger partial charge in [0.1, 0.15) is 5.75 Å². The summed E-state index contributed by atoms with van der Waals surface area (Å²) in [4.78, 5) is 11.3. The number of nitrogens with two attached hydrogens (primary N) is 1. The van der Waals surface area contributed by atoms with E-state index >= 15 is 0 Å². The number of benzene rings is 1. The molecule has 18 heavy (non-hydrogen) atoms. The molecule has 2 unspecified atom stereocenters. The number of hydrogen-bond acceptors (Lipinski definition) is 4. The molecule has 4 N–H and O–H groups in total. The van der Waals surface area contributed by atoms with Gasteiger partial charge in [0.25, 0.3) is 5.91 Å². The second-order valence-electron chi connectivity index (χ2n) is 4.57. The predicted molar refractivity (Wildman–Crippen MR) is 70.6 cm³/mol. The van der Waals surface area contributed by atoms with Crippen LogP contribution in [0.4, 0.5) is 5.69 Å². The van der Waals surface area contributed by atoms with Gasteiger partial charge in [0.05, 0.1) is 5.69 Å². The van der Waals surface area contributed by atoms with Crippen molar-refractivity contribution in [3.05, 3.63) is 23.8 Å². The second-order valence-corrected chi connectivity index (χ2v) is 4.57. The molecular formula is C13H19N3O2. The van der Waals surface area contributed by atoms with Crippen LogP contribution in [0.25, 0.3) is 0 Å². The van der Waals surface area contributed by atoms with Crippen molar-refractivity contribution in [2.45, 2.75) is 13.0 Å². The lowest BCUT2D eigenvalue weighted by molar-refractivity contribution is -0.118. The van der Waals surface area contributed by atoms with E-state index in [0.29, 0.717) is 18.2 Å². The van der Waals surface area contributed by atoms with E-state index in [1.54, 1.807) is 0 Å². The van der Waals surface area contributed by atoms with Gasteiger partial charge in [-0.1, -0.05) is 13.0 Å². The van der Waals surface area contributed by atoms with Crippen molar-refractivity contribution < 1.29 is 9.53 Å². The molecule has 0 radical (unpaired) electrons. The summed E-state index contributed by atoms with van der Waals surface area (Å²) in [6, 6.07) is 6.00. The first-order chi connectivity index (χ1) is 8.65. The normalized spacial score (nSPS) is 17.4. The first-order valence-electron chi connectivity index (χ1n) is 6.09. The first-order valence-corrected chi connectivity index (χ1v) is 6.09. The van der Waals surface area contributed by atoms with E-state index in [4.69, 9.17) is 10.5 Å². The number of carbonyl (C=O) groups is 1. The highest BCUT2D eigenvalue weighted by atomic mass is 16.5. The Kier molecular flexibility index (Phi) is 3.84. The Morgan fingerprint density at radius 3 is 3.00 bits per heavy atom. The average molecular weight is 249 g/mol.